The minimum Gasteiger partial charge on any atom is -0.331 e. The first-order valence-electron chi connectivity index (χ1n) is 3.44. The van der Waals surface area contributed by atoms with Gasteiger partial charge in [-0.1, -0.05) is 16.7 Å². The molecule has 0 bridgehead atoms. The molecule has 2 aromatic rings. The Morgan fingerprint density at radius 3 is 3.15 bits per heavy atom. The van der Waals surface area contributed by atoms with Gasteiger partial charge in [0.15, 0.2) is 0 Å². The second-order valence-corrected chi connectivity index (χ2v) is 3.20. The molecule has 0 radical (unpaired) electrons. The molecular weight excluding hydrogens is 206 g/mol. The van der Waals surface area contributed by atoms with E-state index in [-0.39, 0.29) is 0 Å². The predicted octanol–water partition coefficient (Wildman–Crippen LogP) is 1.05. The van der Waals surface area contributed by atoms with Crippen molar-refractivity contribution in [3.63, 3.8) is 0 Å². The van der Waals surface area contributed by atoms with Crippen molar-refractivity contribution in [1.29, 1.82) is 0 Å². The number of nitrogens with one attached hydrogen (secondary N) is 2. The van der Waals surface area contributed by atoms with Crippen LogP contribution in [0.1, 0.15) is 5.69 Å². The molecular formula is C6H5N5S2. The summed E-state index contributed by atoms with van der Waals surface area (Å²) < 4.78 is 3.71. The van der Waals surface area contributed by atoms with E-state index in [1.165, 1.54) is 11.5 Å². The van der Waals surface area contributed by atoms with Gasteiger partial charge < -0.3 is 10.3 Å². The average Bonchev–Trinajstić information content (AvgIpc) is 2.74. The van der Waals surface area contributed by atoms with E-state index in [0.717, 1.165) is 0 Å². The van der Waals surface area contributed by atoms with Crippen LogP contribution in [-0.2, 0) is 0 Å². The van der Waals surface area contributed by atoms with Crippen molar-refractivity contribution in [3.8, 4) is 0 Å². The maximum absolute atomic E-state index is 5.06. The van der Waals surface area contributed by atoms with Crippen molar-refractivity contribution in [3.05, 3.63) is 23.5 Å². The Morgan fingerprint density at radius 1 is 1.62 bits per heavy atom. The van der Waals surface area contributed by atoms with Crippen LogP contribution in [0.2, 0.25) is 0 Å². The molecule has 2 N–H and O–H groups in total. The molecule has 0 unspecified atom stereocenters. The van der Waals surface area contributed by atoms with Crippen LogP contribution in [0.5, 0.6) is 0 Å². The van der Waals surface area contributed by atoms with Gasteiger partial charge in [0.05, 0.1) is 0 Å². The molecule has 0 saturated heterocycles. The molecule has 0 aliphatic heterocycles. The van der Waals surface area contributed by atoms with Crippen molar-refractivity contribution in [1.82, 2.24) is 19.6 Å². The molecule has 13 heavy (non-hydrogen) atoms. The molecule has 2 heterocycles. The van der Waals surface area contributed by atoms with E-state index >= 15 is 0 Å². The molecule has 0 aromatic carbocycles. The summed E-state index contributed by atoms with van der Waals surface area (Å²) in [5.41, 5.74) is 0.663. The number of hydrogen-bond donors (Lipinski definition) is 2. The molecule has 0 atom stereocenters. The van der Waals surface area contributed by atoms with E-state index in [4.69, 9.17) is 12.2 Å². The molecule has 7 heteroatoms. The molecule has 0 amide bonds. The Balaban J connectivity index is 2.08. The first-order chi connectivity index (χ1) is 6.36. The van der Waals surface area contributed by atoms with Gasteiger partial charge >= 0.3 is 0 Å². The lowest BCUT2D eigenvalue weighted by molar-refractivity contribution is 1.14. The zero-order valence-corrected chi connectivity index (χ0v) is 8.02. The topological polar surface area (TPSA) is 66.5 Å². The third kappa shape index (κ3) is 1.87. The minimum atomic E-state index is 0.517. The number of H-pyrrole nitrogens is 1. The Morgan fingerprint density at radius 2 is 2.54 bits per heavy atom. The Labute approximate surface area is 83.4 Å². The summed E-state index contributed by atoms with van der Waals surface area (Å²) in [5, 5.41) is 8.49. The van der Waals surface area contributed by atoms with Gasteiger partial charge in [0.2, 0.25) is 5.95 Å². The normalized spacial score (nSPS) is 9.85. The highest BCUT2D eigenvalue weighted by atomic mass is 32.1. The summed E-state index contributed by atoms with van der Waals surface area (Å²) in [7, 11) is 0. The molecule has 5 nitrogen and oxygen atoms in total. The highest BCUT2D eigenvalue weighted by molar-refractivity contribution is 7.81. The van der Waals surface area contributed by atoms with Crippen molar-refractivity contribution >= 4 is 34.7 Å². The third-order valence-electron chi connectivity index (χ3n) is 1.32. The zero-order chi connectivity index (χ0) is 9.10. The molecule has 2 aromatic heterocycles. The summed E-state index contributed by atoms with van der Waals surface area (Å²) in [5.74, 6) is 0.609. The van der Waals surface area contributed by atoms with Gasteiger partial charge in [0, 0.05) is 17.8 Å². The number of anilines is 1. The molecule has 0 aliphatic carbocycles. The third-order valence-corrected chi connectivity index (χ3v) is 2.14. The van der Waals surface area contributed by atoms with E-state index in [1.54, 1.807) is 17.8 Å². The Bertz CT molecular complexity index is 379. The van der Waals surface area contributed by atoms with Crippen LogP contribution in [0.3, 0.4) is 0 Å². The van der Waals surface area contributed by atoms with E-state index in [0.29, 0.717) is 16.6 Å². The summed E-state index contributed by atoms with van der Waals surface area (Å²) in [6, 6.07) is 0. The summed E-state index contributed by atoms with van der Waals surface area (Å²) in [6.45, 7) is 0. The maximum atomic E-state index is 5.06. The minimum absolute atomic E-state index is 0.517. The Hall–Kier alpha value is -1.34. The number of nitrogens with zero attached hydrogens (tertiary/aromatic N) is 3. The van der Waals surface area contributed by atoms with Crippen LogP contribution in [0.4, 0.5) is 5.95 Å². The number of imidazole rings is 1. The van der Waals surface area contributed by atoms with Crippen LogP contribution >= 0.6 is 23.8 Å². The quantitative estimate of drug-likeness (QED) is 0.727. The van der Waals surface area contributed by atoms with Crippen LogP contribution < -0.4 is 5.32 Å². The predicted molar refractivity (Wildman–Crippen MR) is 53.8 cm³/mol. The first-order valence-corrected chi connectivity index (χ1v) is 4.68. The lowest BCUT2D eigenvalue weighted by Crippen LogP contribution is -2.11. The lowest BCUT2D eigenvalue weighted by Gasteiger charge is -1.99. The number of aromatic amines is 1. The number of hydrogen-bond acceptors (Lipinski definition) is 5. The van der Waals surface area contributed by atoms with Gasteiger partial charge in [-0.2, -0.15) is 0 Å². The highest BCUT2D eigenvalue weighted by Gasteiger charge is 2.04. The largest absolute Gasteiger partial charge is 0.331 e. The van der Waals surface area contributed by atoms with Gasteiger partial charge in [0.25, 0.3) is 0 Å². The second-order valence-electron chi connectivity index (χ2n) is 2.18. The van der Waals surface area contributed by atoms with Crippen LogP contribution in [0.15, 0.2) is 17.8 Å². The van der Waals surface area contributed by atoms with Crippen LogP contribution in [0, 0.1) is 0 Å². The summed E-state index contributed by atoms with van der Waals surface area (Å²) in [6.07, 6.45) is 3.36. The van der Waals surface area contributed by atoms with Crippen molar-refractivity contribution < 1.29 is 0 Å². The summed E-state index contributed by atoms with van der Waals surface area (Å²) in [4.78, 5) is 7.36. The number of aromatic nitrogens is 4. The zero-order valence-electron chi connectivity index (χ0n) is 6.39. The number of thiocarbonyl (C=S) groups is 1. The van der Waals surface area contributed by atoms with E-state index in [2.05, 4.69) is 24.9 Å². The summed E-state index contributed by atoms with van der Waals surface area (Å²) >= 11 is 6.32. The molecule has 66 valence electrons. The average molecular weight is 211 g/mol. The Kier molecular flexibility index (Phi) is 2.28. The number of rotatable bonds is 2. The van der Waals surface area contributed by atoms with Gasteiger partial charge in [-0.15, -0.1) is 5.10 Å². The molecule has 0 fully saturated rings. The fourth-order valence-corrected chi connectivity index (χ4v) is 1.49. The lowest BCUT2D eigenvalue weighted by atomic mass is 10.5. The second kappa shape index (κ2) is 3.58. The monoisotopic (exact) mass is 211 g/mol. The van der Waals surface area contributed by atoms with Crippen LogP contribution in [0.25, 0.3) is 0 Å². The van der Waals surface area contributed by atoms with E-state index in [9.17, 15) is 0 Å². The molecule has 0 aliphatic rings. The van der Waals surface area contributed by atoms with E-state index < -0.39 is 0 Å². The fourth-order valence-electron chi connectivity index (χ4n) is 0.769. The van der Waals surface area contributed by atoms with Crippen molar-refractivity contribution in [2.75, 3.05) is 5.32 Å². The molecule has 2 rings (SSSR count). The van der Waals surface area contributed by atoms with E-state index in [1.807, 2.05) is 0 Å². The fraction of sp³-hybridized carbons (Fsp3) is 0. The van der Waals surface area contributed by atoms with Crippen LogP contribution in [-0.4, -0.2) is 24.5 Å². The van der Waals surface area contributed by atoms with Gasteiger partial charge in [-0.05, 0) is 11.5 Å². The standard InChI is InChI=1S/C6H5N5S2/c12-5(4-3-13-11-10-4)9-6-7-1-2-8-6/h1-3H,(H2,7,8,9,12). The van der Waals surface area contributed by atoms with Crippen molar-refractivity contribution in [2.24, 2.45) is 0 Å². The SMILES string of the molecule is S=C(Nc1ncc[nH]1)c1csnn1. The maximum Gasteiger partial charge on any atom is 0.205 e. The first kappa shape index (κ1) is 8.27. The highest BCUT2D eigenvalue weighted by Crippen LogP contribution is 2.03. The van der Waals surface area contributed by atoms with Gasteiger partial charge in [0.1, 0.15) is 10.7 Å². The smallest absolute Gasteiger partial charge is 0.205 e. The molecule has 0 saturated carbocycles. The van der Waals surface area contributed by atoms with Gasteiger partial charge in [-0.25, -0.2) is 4.98 Å². The van der Waals surface area contributed by atoms with Crippen molar-refractivity contribution in [2.45, 2.75) is 0 Å². The molecule has 0 spiro atoms. The van der Waals surface area contributed by atoms with Gasteiger partial charge in [-0.3, -0.25) is 0 Å².